The average molecular weight is 224 g/mol. The van der Waals surface area contributed by atoms with Gasteiger partial charge in [0.15, 0.2) is 0 Å². The van der Waals surface area contributed by atoms with Gasteiger partial charge in [0.1, 0.15) is 0 Å². The molecule has 1 heterocycles. The summed E-state index contributed by atoms with van der Waals surface area (Å²) in [4.78, 5) is 0. The molecule has 0 aromatic rings. The van der Waals surface area contributed by atoms with E-state index in [2.05, 4.69) is 13.1 Å². The number of rotatable bonds is 2. The normalized spacial score (nSPS) is 27.6. The highest BCUT2D eigenvalue weighted by atomic mass is 28.3. The molecule has 0 spiro atoms. The lowest BCUT2D eigenvalue weighted by Gasteiger charge is -2.37. The van der Waals surface area contributed by atoms with Crippen molar-refractivity contribution in [3.63, 3.8) is 0 Å². The molecule has 14 heavy (non-hydrogen) atoms. The Hall–Kier alpha value is 0.00688. The van der Waals surface area contributed by atoms with E-state index in [1.807, 2.05) is 0 Å². The Balaban J connectivity index is 2.42. The molecule has 0 aliphatic carbocycles. The Bertz CT molecular complexity index is 186. The van der Waals surface area contributed by atoms with Crippen LogP contribution in [0.15, 0.2) is 0 Å². The Morgan fingerprint density at radius 1 is 1.21 bits per heavy atom. The van der Waals surface area contributed by atoms with Gasteiger partial charge < -0.3 is 0 Å². The molecule has 0 aromatic carbocycles. The Morgan fingerprint density at radius 3 is 2.36 bits per heavy atom. The number of hydrogen-bond donors (Lipinski definition) is 0. The van der Waals surface area contributed by atoms with Crippen LogP contribution in [0, 0.1) is 0 Å². The predicted octanol–water partition coefficient (Wildman–Crippen LogP) is 4.59. The zero-order valence-electron chi connectivity index (χ0n) is 8.95. The van der Waals surface area contributed by atoms with Crippen molar-refractivity contribution >= 4 is 8.07 Å². The molecular formula is C10H19F3Si. The van der Waals surface area contributed by atoms with Crippen LogP contribution < -0.4 is 0 Å². The van der Waals surface area contributed by atoms with Crippen LogP contribution in [0.1, 0.15) is 32.1 Å². The highest BCUT2D eigenvalue weighted by Crippen LogP contribution is 2.42. The van der Waals surface area contributed by atoms with Crippen LogP contribution >= 0.6 is 0 Å². The maximum Gasteiger partial charge on any atom is 0.389 e. The third-order valence-corrected chi connectivity index (χ3v) is 7.94. The van der Waals surface area contributed by atoms with Crippen LogP contribution in [0.3, 0.4) is 0 Å². The van der Waals surface area contributed by atoms with E-state index < -0.39 is 20.7 Å². The fraction of sp³-hybridized carbons (Fsp3) is 1.00. The minimum Gasteiger partial charge on any atom is -0.171 e. The highest BCUT2D eigenvalue weighted by molar-refractivity contribution is 6.78. The van der Waals surface area contributed by atoms with Gasteiger partial charge in [0.2, 0.25) is 0 Å². The molecule has 1 fully saturated rings. The van der Waals surface area contributed by atoms with Crippen molar-refractivity contribution < 1.29 is 13.2 Å². The standard InChI is InChI=1S/C10H19F3Si/c1-14(2)8-4-3-5-9(14)6-7-10(11,12)13/h9H,3-8H2,1-2H3. The molecule has 0 radical (unpaired) electrons. The lowest BCUT2D eigenvalue weighted by molar-refractivity contribution is -0.135. The van der Waals surface area contributed by atoms with Crippen molar-refractivity contribution in [2.24, 2.45) is 0 Å². The van der Waals surface area contributed by atoms with Crippen LogP contribution in [-0.2, 0) is 0 Å². The van der Waals surface area contributed by atoms with E-state index in [4.69, 9.17) is 0 Å². The van der Waals surface area contributed by atoms with E-state index in [-0.39, 0.29) is 0 Å². The fourth-order valence-corrected chi connectivity index (χ4v) is 5.92. The highest BCUT2D eigenvalue weighted by Gasteiger charge is 2.37. The average Bonchev–Trinajstić information content (AvgIpc) is 2.00. The van der Waals surface area contributed by atoms with Gasteiger partial charge in [0, 0.05) is 6.42 Å². The molecule has 1 aliphatic rings. The summed E-state index contributed by atoms with van der Waals surface area (Å²) < 4.78 is 36.2. The van der Waals surface area contributed by atoms with E-state index in [9.17, 15) is 13.2 Å². The number of halogens is 3. The van der Waals surface area contributed by atoms with Crippen LogP contribution in [0.4, 0.5) is 13.2 Å². The van der Waals surface area contributed by atoms with Gasteiger partial charge in [0.25, 0.3) is 0 Å². The second kappa shape index (κ2) is 4.25. The van der Waals surface area contributed by atoms with Crippen molar-refractivity contribution in [1.82, 2.24) is 0 Å². The Morgan fingerprint density at radius 2 is 1.86 bits per heavy atom. The molecule has 0 nitrogen and oxygen atoms in total. The van der Waals surface area contributed by atoms with Crippen molar-refractivity contribution in [2.75, 3.05) is 0 Å². The van der Waals surface area contributed by atoms with Gasteiger partial charge in [-0.15, -0.1) is 0 Å². The third-order valence-electron chi connectivity index (χ3n) is 3.51. The van der Waals surface area contributed by atoms with Gasteiger partial charge in [0.05, 0.1) is 8.07 Å². The smallest absolute Gasteiger partial charge is 0.171 e. The maximum absolute atomic E-state index is 12.1. The van der Waals surface area contributed by atoms with E-state index in [0.29, 0.717) is 12.0 Å². The van der Waals surface area contributed by atoms with Crippen molar-refractivity contribution in [2.45, 2.75) is 63.0 Å². The van der Waals surface area contributed by atoms with Crippen molar-refractivity contribution in [3.05, 3.63) is 0 Å². The van der Waals surface area contributed by atoms with E-state index in [1.165, 1.54) is 12.5 Å². The molecule has 0 aromatic heterocycles. The summed E-state index contributed by atoms with van der Waals surface area (Å²) in [5, 5.41) is 0. The molecule has 4 heteroatoms. The van der Waals surface area contributed by atoms with Crippen LogP contribution in [0.25, 0.3) is 0 Å². The first-order valence-electron chi connectivity index (χ1n) is 5.38. The molecular weight excluding hydrogens is 205 g/mol. The van der Waals surface area contributed by atoms with Gasteiger partial charge in [-0.3, -0.25) is 0 Å². The number of alkyl halides is 3. The van der Waals surface area contributed by atoms with E-state index in [1.54, 1.807) is 0 Å². The minimum absolute atomic E-state index is 0.378. The Kier molecular flexibility index (Phi) is 3.67. The van der Waals surface area contributed by atoms with Crippen LogP contribution in [0.2, 0.25) is 24.7 Å². The van der Waals surface area contributed by atoms with Crippen molar-refractivity contribution in [1.29, 1.82) is 0 Å². The molecule has 0 bridgehead atoms. The lowest BCUT2D eigenvalue weighted by atomic mass is 10.1. The molecule has 1 aliphatic heterocycles. The number of hydrogen-bond acceptors (Lipinski definition) is 0. The largest absolute Gasteiger partial charge is 0.389 e. The summed E-state index contributed by atoms with van der Waals surface area (Å²) in [5.41, 5.74) is 0.401. The van der Waals surface area contributed by atoms with Gasteiger partial charge in [-0.1, -0.05) is 38.4 Å². The van der Waals surface area contributed by atoms with Gasteiger partial charge in [-0.05, 0) is 12.0 Å². The van der Waals surface area contributed by atoms with Gasteiger partial charge in [-0.2, -0.15) is 13.2 Å². The van der Waals surface area contributed by atoms with Crippen LogP contribution in [-0.4, -0.2) is 14.3 Å². The second-order valence-corrected chi connectivity index (χ2v) is 10.4. The summed E-state index contributed by atoms with van der Waals surface area (Å²) in [6.07, 6.45) is -0.741. The summed E-state index contributed by atoms with van der Waals surface area (Å²) >= 11 is 0. The van der Waals surface area contributed by atoms with E-state index in [0.717, 1.165) is 12.8 Å². The quantitative estimate of drug-likeness (QED) is 0.602. The molecule has 1 unspecified atom stereocenters. The second-order valence-electron chi connectivity index (χ2n) is 5.09. The summed E-state index contributed by atoms with van der Waals surface area (Å²) in [5.74, 6) is 0. The fourth-order valence-electron chi connectivity index (χ4n) is 2.44. The molecule has 0 saturated carbocycles. The Labute approximate surface area is 84.9 Å². The monoisotopic (exact) mass is 224 g/mol. The molecule has 0 N–H and O–H groups in total. The molecule has 84 valence electrons. The zero-order chi connectivity index (χ0) is 10.8. The first-order valence-corrected chi connectivity index (χ1v) is 8.66. The maximum atomic E-state index is 12.1. The van der Waals surface area contributed by atoms with Crippen LogP contribution in [0.5, 0.6) is 0 Å². The van der Waals surface area contributed by atoms with Crippen molar-refractivity contribution in [3.8, 4) is 0 Å². The topological polar surface area (TPSA) is 0 Å². The lowest BCUT2D eigenvalue weighted by Crippen LogP contribution is -2.35. The molecule has 1 rings (SSSR count). The SMILES string of the molecule is C[Si]1(C)CCCCC1CCC(F)(F)F. The summed E-state index contributed by atoms with van der Waals surface area (Å²) in [7, 11) is -1.32. The minimum atomic E-state index is -3.96. The first-order chi connectivity index (χ1) is 6.31. The molecule has 1 saturated heterocycles. The summed E-state index contributed by atoms with van der Waals surface area (Å²) in [6.45, 7) is 4.49. The van der Waals surface area contributed by atoms with Gasteiger partial charge in [-0.25, -0.2) is 0 Å². The zero-order valence-corrected chi connectivity index (χ0v) is 9.95. The molecule has 1 atom stereocenters. The first kappa shape index (κ1) is 12.1. The summed E-state index contributed by atoms with van der Waals surface area (Å²) in [6, 6.07) is 1.22. The third kappa shape index (κ3) is 3.63. The van der Waals surface area contributed by atoms with Gasteiger partial charge >= 0.3 is 6.18 Å². The molecule has 0 amide bonds. The van der Waals surface area contributed by atoms with E-state index >= 15 is 0 Å². The predicted molar refractivity (Wildman–Crippen MR) is 55.2 cm³/mol.